The number of amides is 1. The highest BCUT2D eigenvalue weighted by molar-refractivity contribution is 7.91. The quantitative estimate of drug-likeness (QED) is 0.558. The second kappa shape index (κ2) is 8.47. The minimum Gasteiger partial charge on any atom is -0.312 e. The Morgan fingerprint density at radius 3 is 2.45 bits per heavy atom. The Bertz CT molecular complexity index is 1250. The highest BCUT2D eigenvalue weighted by atomic mass is 32.2. The topological polar surface area (TPSA) is 68.5 Å². The minimum atomic E-state index is -3.25. The summed E-state index contributed by atoms with van der Waals surface area (Å²) in [6, 6.07) is 10.7. The Hall–Kier alpha value is -2.51. The summed E-state index contributed by atoms with van der Waals surface area (Å²) in [7, 11) is -3.25. The molecule has 2 aromatic carbocycles. The number of rotatable bonds is 6. The third-order valence-corrected chi connectivity index (χ3v) is 7.64. The number of allylic oxidation sites excluding steroid dienone is 1. The first kappa shape index (κ1) is 21.2. The summed E-state index contributed by atoms with van der Waals surface area (Å²) in [4.78, 5) is 17.8. The van der Waals surface area contributed by atoms with E-state index in [2.05, 4.69) is 37.6 Å². The third-order valence-electron chi connectivity index (χ3n) is 4.85. The second-order valence-electron chi connectivity index (χ2n) is 6.92. The number of hydrogen-bond acceptors (Lipinski definition) is 4. The van der Waals surface area contributed by atoms with Crippen LogP contribution in [0.25, 0.3) is 10.2 Å². The van der Waals surface area contributed by atoms with Crippen LogP contribution in [0.1, 0.15) is 23.6 Å². The van der Waals surface area contributed by atoms with Crippen LogP contribution in [0.4, 0.5) is 0 Å². The van der Waals surface area contributed by atoms with Gasteiger partial charge in [0.25, 0.3) is 5.91 Å². The first-order valence-corrected chi connectivity index (χ1v) is 11.8. The number of benzene rings is 2. The van der Waals surface area contributed by atoms with Crippen LogP contribution >= 0.6 is 11.3 Å². The Balaban J connectivity index is 1.93. The molecular formula is C22H24N2O3S2. The van der Waals surface area contributed by atoms with Gasteiger partial charge in [0.15, 0.2) is 14.6 Å². The van der Waals surface area contributed by atoms with Gasteiger partial charge in [-0.05, 0) is 54.8 Å². The van der Waals surface area contributed by atoms with Crippen molar-refractivity contribution < 1.29 is 13.2 Å². The van der Waals surface area contributed by atoms with Crippen LogP contribution < -0.4 is 4.80 Å². The molecule has 1 aromatic heterocycles. The van der Waals surface area contributed by atoms with E-state index < -0.39 is 9.84 Å². The van der Waals surface area contributed by atoms with E-state index >= 15 is 0 Å². The van der Waals surface area contributed by atoms with Crippen molar-refractivity contribution in [1.29, 1.82) is 0 Å². The maximum Gasteiger partial charge on any atom is 0.252 e. The lowest BCUT2D eigenvalue weighted by atomic mass is 10.1. The van der Waals surface area contributed by atoms with Gasteiger partial charge in [0, 0.05) is 6.54 Å². The molecule has 29 heavy (non-hydrogen) atoms. The number of carbonyl (C=O) groups excluding carboxylic acids is 1. The van der Waals surface area contributed by atoms with Gasteiger partial charge in [0.1, 0.15) is 0 Å². The second-order valence-corrected chi connectivity index (χ2v) is 10.2. The molecule has 1 heterocycles. The minimum absolute atomic E-state index is 0.0504. The molecule has 3 rings (SSSR count). The van der Waals surface area contributed by atoms with E-state index in [0.29, 0.717) is 11.3 Å². The number of nitrogens with zero attached hydrogens (tertiary/aromatic N) is 2. The largest absolute Gasteiger partial charge is 0.312 e. The van der Waals surface area contributed by atoms with Gasteiger partial charge in [-0.15, -0.1) is 6.58 Å². The highest BCUT2D eigenvalue weighted by Gasteiger charge is 2.12. The summed E-state index contributed by atoms with van der Waals surface area (Å²) in [5.41, 5.74) is 4.16. The van der Waals surface area contributed by atoms with E-state index in [-0.39, 0.29) is 23.0 Å². The molecular weight excluding hydrogens is 404 g/mol. The van der Waals surface area contributed by atoms with Crippen LogP contribution in [0.15, 0.2) is 58.9 Å². The molecule has 0 aliphatic rings. The number of aryl methyl sites for hydroxylation is 2. The molecule has 3 aromatic rings. The normalized spacial score (nSPS) is 12.4. The lowest BCUT2D eigenvalue weighted by Gasteiger charge is -2.04. The number of carbonyl (C=O) groups is 1. The first-order chi connectivity index (χ1) is 13.7. The van der Waals surface area contributed by atoms with Crippen LogP contribution in [-0.2, 0) is 27.6 Å². The molecule has 0 bridgehead atoms. The van der Waals surface area contributed by atoms with Gasteiger partial charge in [-0.2, -0.15) is 4.99 Å². The van der Waals surface area contributed by atoms with Gasteiger partial charge >= 0.3 is 0 Å². The summed E-state index contributed by atoms with van der Waals surface area (Å²) in [5, 5.41) is 0. The van der Waals surface area contributed by atoms with Crippen LogP contribution in [0.5, 0.6) is 0 Å². The van der Waals surface area contributed by atoms with Gasteiger partial charge in [-0.3, -0.25) is 4.79 Å². The average molecular weight is 429 g/mol. The van der Waals surface area contributed by atoms with E-state index in [9.17, 15) is 13.2 Å². The van der Waals surface area contributed by atoms with E-state index in [1.165, 1.54) is 22.5 Å². The molecule has 0 atom stereocenters. The van der Waals surface area contributed by atoms with Crippen molar-refractivity contribution in [3.8, 4) is 0 Å². The smallest absolute Gasteiger partial charge is 0.252 e. The van der Waals surface area contributed by atoms with Crippen LogP contribution in [0.3, 0.4) is 0 Å². The summed E-state index contributed by atoms with van der Waals surface area (Å²) in [5.74, 6) is -0.219. The zero-order valence-corrected chi connectivity index (χ0v) is 18.4. The van der Waals surface area contributed by atoms with Crippen LogP contribution in [-0.4, -0.2) is 24.6 Å². The molecule has 0 aliphatic heterocycles. The fraction of sp³-hybridized carbons (Fsp3) is 0.273. The van der Waals surface area contributed by atoms with E-state index in [1.54, 1.807) is 37.3 Å². The molecule has 1 amide bonds. The molecule has 0 saturated carbocycles. The fourth-order valence-electron chi connectivity index (χ4n) is 3.01. The number of hydrogen-bond donors (Lipinski definition) is 0. The number of aromatic nitrogens is 1. The molecule has 0 fully saturated rings. The van der Waals surface area contributed by atoms with Crippen molar-refractivity contribution >= 4 is 37.3 Å². The summed E-state index contributed by atoms with van der Waals surface area (Å²) >= 11 is 1.48. The van der Waals surface area contributed by atoms with Crippen molar-refractivity contribution in [1.82, 2.24) is 4.57 Å². The van der Waals surface area contributed by atoms with Crippen LogP contribution in [0.2, 0.25) is 0 Å². The van der Waals surface area contributed by atoms with Gasteiger partial charge in [-0.25, -0.2) is 8.42 Å². The standard InChI is InChI=1S/C22H24N2O3S2/c1-5-11-24-19-12-15(3)16(4)13-20(19)28-22(24)23-21(25)14-17-7-9-18(10-8-17)29(26,27)6-2/h5,7-10,12-13H,1,6,11,14H2,2-4H3. The van der Waals surface area contributed by atoms with Crippen LogP contribution in [0, 0.1) is 13.8 Å². The molecule has 0 saturated heterocycles. The van der Waals surface area contributed by atoms with E-state index in [4.69, 9.17) is 0 Å². The van der Waals surface area contributed by atoms with Crippen molar-refractivity contribution in [3.63, 3.8) is 0 Å². The highest BCUT2D eigenvalue weighted by Crippen LogP contribution is 2.22. The van der Waals surface area contributed by atoms with Gasteiger partial charge in [0.05, 0.1) is 27.3 Å². The number of fused-ring (bicyclic) bond motifs is 1. The fourth-order valence-corrected chi connectivity index (χ4v) is 5.04. The molecule has 0 N–H and O–H groups in total. The summed E-state index contributed by atoms with van der Waals surface area (Å²) in [6.45, 7) is 10.1. The Kier molecular flexibility index (Phi) is 6.19. The molecule has 152 valence electrons. The lowest BCUT2D eigenvalue weighted by molar-refractivity contribution is -0.117. The molecule has 0 aliphatic carbocycles. The summed E-state index contributed by atoms with van der Waals surface area (Å²) < 4.78 is 26.9. The van der Waals surface area contributed by atoms with E-state index in [1.807, 2.05) is 4.57 Å². The zero-order valence-electron chi connectivity index (χ0n) is 16.8. The maximum absolute atomic E-state index is 12.6. The molecule has 7 heteroatoms. The predicted molar refractivity (Wildman–Crippen MR) is 118 cm³/mol. The van der Waals surface area contributed by atoms with Crippen molar-refractivity contribution in [2.75, 3.05) is 5.75 Å². The zero-order chi connectivity index (χ0) is 21.2. The molecule has 5 nitrogen and oxygen atoms in total. The Labute approximate surface area is 175 Å². The van der Waals surface area contributed by atoms with E-state index in [0.717, 1.165) is 15.8 Å². The molecule has 0 spiro atoms. The SMILES string of the molecule is C=CCn1c(=NC(=O)Cc2ccc(S(=O)(=O)CC)cc2)sc2cc(C)c(C)cc21. The monoisotopic (exact) mass is 428 g/mol. The van der Waals surface area contributed by atoms with Crippen molar-refractivity contribution in [2.45, 2.75) is 38.6 Å². The predicted octanol–water partition coefficient (Wildman–Crippen LogP) is 3.97. The van der Waals surface area contributed by atoms with Crippen molar-refractivity contribution in [3.05, 3.63) is 70.5 Å². The Morgan fingerprint density at radius 2 is 1.83 bits per heavy atom. The number of sulfone groups is 1. The first-order valence-electron chi connectivity index (χ1n) is 9.36. The third kappa shape index (κ3) is 4.57. The molecule has 0 radical (unpaired) electrons. The molecule has 0 unspecified atom stereocenters. The lowest BCUT2D eigenvalue weighted by Crippen LogP contribution is -2.17. The number of thiazole rings is 1. The van der Waals surface area contributed by atoms with Gasteiger partial charge in [-0.1, -0.05) is 36.5 Å². The summed E-state index contributed by atoms with van der Waals surface area (Å²) in [6.07, 6.45) is 1.91. The maximum atomic E-state index is 12.6. The van der Waals surface area contributed by atoms with Crippen molar-refractivity contribution in [2.24, 2.45) is 4.99 Å². The van der Waals surface area contributed by atoms with Gasteiger partial charge < -0.3 is 4.57 Å². The Morgan fingerprint density at radius 1 is 1.17 bits per heavy atom. The average Bonchev–Trinajstić information content (AvgIpc) is 2.99. The van der Waals surface area contributed by atoms with Gasteiger partial charge in [0.2, 0.25) is 0 Å².